The Morgan fingerprint density at radius 3 is 2.77 bits per heavy atom. The SMILES string of the molecule is OC[C@@H](O)CN(CCC(F)(F)F)Cc1cnc2ccccn12. The van der Waals surface area contributed by atoms with E-state index in [2.05, 4.69) is 4.98 Å². The van der Waals surface area contributed by atoms with Gasteiger partial charge in [0.05, 0.1) is 31.0 Å². The number of alkyl halides is 3. The van der Waals surface area contributed by atoms with Crippen molar-refractivity contribution in [2.45, 2.75) is 25.2 Å². The van der Waals surface area contributed by atoms with Gasteiger partial charge in [0, 0.05) is 25.8 Å². The molecule has 2 rings (SSSR count). The lowest BCUT2D eigenvalue weighted by Gasteiger charge is -2.24. The highest BCUT2D eigenvalue weighted by Crippen LogP contribution is 2.20. The molecular weight excluding hydrogens is 299 g/mol. The molecule has 2 N–H and O–H groups in total. The zero-order valence-corrected chi connectivity index (χ0v) is 11.9. The number of aliphatic hydroxyl groups is 2. The molecule has 0 bridgehead atoms. The van der Waals surface area contributed by atoms with Crippen molar-refractivity contribution in [3.05, 3.63) is 36.3 Å². The summed E-state index contributed by atoms with van der Waals surface area (Å²) in [5.74, 6) is 0. The van der Waals surface area contributed by atoms with E-state index in [1.54, 1.807) is 28.9 Å². The van der Waals surface area contributed by atoms with Crippen LogP contribution in [0.15, 0.2) is 30.6 Å². The predicted molar refractivity (Wildman–Crippen MR) is 74.2 cm³/mol. The molecular formula is C14H18F3N3O2. The lowest BCUT2D eigenvalue weighted by atomic mass is 10.2. The first-order valence-electron chi connectivity index (χ1n) is 6.88. The van der Waals surface area contributed by atoms with Crippen LogP contribution in [0.3, 0.4) is 0 Å². The molecule has 0 fully saturated rings. The van der Waals surface area contributed by atoms with Crippen LogP contribution in [0, 0.1) is 0 Å². The van der Waals surface area contributed by atoms with Gasteiger partial charge in [0.25, 0.3) is 0 Å². The number of rotatable bonds is 7. The maximum Gasteiger partial charge on any atom is 0.390 e. The first kappa shape index (κ1) is 16.7. The second kappa shape index (κ2) is 7.08. The standard InChI is InChI=1S/C14H18F3N3O2/c15-14(16,17)4-6-19(9-12(22)10-21)8-11-7-18-13-3-1-2-5-20(11)13/h1-3,5,7,12,21-22H,4,6,8-10H2/t12-/m0/s1. The Bertz CT molecular complexity index is 600. The van der Waals surface area contributed by atoms with Crippen LogP contribution in [0.4, 0.5) is 13.2 Å². The van der Waals surface area contributed by atoms with Crippen molar-refractivity contribution in [2.24, 2.45) is 0 Å². The van der Waals surface area contributed by atoms with Gasteiger partial charge < -0.3 is 14.6 Å². The van der Waals surface area contributed by atoms with Gasteiger partial charge in [-0.25, -0.2) is 4.98 Å². The van der Waals surface area contributed by atoms with Gasteiger partial charge in [-0.15, -0.1) is 0 Å². The van der Waals surface area contributed by atoms with Crippen molar-refractivity contribution in [3.8, 4) is 0 Å². The van der Waals surface area contributed by atoms with Gasteiger partial charge in [0.1, 0.15) is 5.65 Å². The Labute approximate surface area is 125 Å². The van der Waals surface area contributed by atoms with Crippen molar-refractivity contribution < 1.29 is 23.4 Å². The van der Waals surface area contributed by atoms with Gasteiger partial charge in [-0.3, -0.25) is 4.90 Å². The summed E-state index contributed by atoms with van der Waals surface area (Å²) in [6, 6.07) is 5.43. The number of pyridine rings is 1. The van der Waals surface area contributed by atoms with Gasteiger partial charge >= 0.3 is 6.18 Å². The van der Waals surface area contributed by atoms with E-state index in [0.717, 1.165) is 5.69 Å². The van der Waals surface area contributed by atoms with Gasteiger partial charge in [0.15, 0.2) is 0 Å². The molecule has 1 atom stereocenters. The van der Waals surface area contributed by atoms with Gasteiger partial charge in [-0.05, 0) is 12.1 Å². The van der Waals surface area contributed by atoms with Crippen LogP contribution in [0.2, 0.25) is 0 Å². The van der Waals surface area contributed by atoms with Crippen molar-refractivity contribution in [3.63, 3.8) is 0 Å². The number of halogens is 3. The number of hydrogen-bond acceptors (Lipinski definition) is 4. The van der Waals surface area contributed by atoms with Crippen molar-refractivity contribution in [2.75, 3.05) is 19.7 Å². The van der Waals surface area contributed by atoms with Crippen molar-refractivity contribution in [1.29, 1.82) is 0 Å². The second-order valence-electron chi connectivity index (χ2n) is 5.12. The largest absolute Gasteiger partial charge is 0.394 e. The van der Waals surface area contributed by atoms with E-state index in [-0.39, 0.29) is 19.6 Å². The molecule has 0 radical (unpaired) electrons. The molecule has 0 aliphatic carbocycles. The van der Waals surface area contributed by atoms with E-state index in [9.17, 15) is 18.3 Å². The topological polar surface area (TPSA) is 61.0 Å². The first-order valence-corrected chi connectivity index (χ1v) is 6.88. The molecule has 0 aliphatic heterocycles. The summed E-state index contributed by atoms with van der Waals surface area (Å²) in [5.41, 5.74) is 1.43. The highest BCUT2D eigenvalue weighted by atomic mass is 19.4. The van der Waals surface area contributed by atoms with Gasteiger partial charge in [0.2, 0.25) is 0 Å². The zero-order valence-electron chi connectivity index (χ0n) is 11.9. The Morgan fingerprint density at radius 1 is 1.32 bits per heavy atom. The van der Waals surface area contributed by atoms with Crippen LogP contribution in [-0.4, -0.2) is 56.5 Å². The number of aromatic nitrogens is 2. The highest BCUT2D eigenvalue weighted by Gasteiger charge is 2.28. The zero-order chi connectivity index (χ0) is 16.2. The number of hydrogen-bond donors (Lipinski definition) is 2. The quantitative estimate of drug-likeness (QED) is 0.811. The van der Waals surface area contributed by atoms with E-state index >= 15 is 0 Å². The fraction of sp³-hybridized carbons (Fsp3) is 0.500. The monoisotopic (exact) mass is 317 g/mol. The fourth-order valence-corrected chi connectivity index (χ4v) is 2.21. The molecule has 0 aliphatic rings. The second-order valence-corrected chi connectivity index (χ2v) is 5.12. The third-order valence-corrected chi connectivity index (χ3v) is 3.27. The van der Waals surface area contributed by atoms with Crippen LogP contribution in [0.25, 0.3) is 5.65 Å². The lowest BCUT2D eigenvalue weighted by Crippen LogP contribution is -2.36. The fourth-order valence-electron chi connectivity index (χ4n) is 2.21. The van der Waals surface area contributed by atoms with Crippen molar-refractivity contribution >= 4 is 5.65 Å². The van der Waals surface area contributed by atoms with Gasteiger partial charge in [-0.1, -0.05) is 6.07 Å². The molecule has 2 aromatic rings. The Morgan fingerprint density at radius 2 is 2.09 bits per heavy atom. The highest BCUT2D eigenvalue weighted by molar-refractivity contribution is 5.39. The molecule has 2 aromatic heterocycles. The molecule has 0 aromatic carbocycles. The Balaban J connectivity index is 2.10. The van der Waals surface area contributed by atoms with Crippen molar-refractivity contribution in [1.82, 2.24) is 14.3 Å². The summed E-state index contributed by atoms with van der Waals surface area (Å²) in [6.45, 7) is -0.568. The minimum Gasteiger partial charge on any atom is -0.394 e. The van der Waals surface area contributed by atoms with E-state index in [1.165, 1.54) is 4.90 Å². The molecule has 22 heavy (non-hydrogen) atoms. The number of imidazole rings is 1. The van der Waals surface area contributed by atoms with E-state index < -0.39 is 25.3 Å². The van der Waals surface area contributed by atoms with Crippen LogP contribution in [-0.2, 0) is 6.54 Å². The molecule has 0 saturated carbocycles. The third kappa shape index (κ3) is 4.69. The predicted octanol–water partition coefficient (Wildman–Crippen LogP) is 1.44. The summed E-state index contributed by atoms with van der Waals surface area (Å²) in [5, 5.41) is 18.4. The summed E-state index contributed by atoms with van der Waals surface area (Å²) in [4.78, 5) is 5.65. The summed E-state index contributed by atoms with van der Waals surface area (Å²) in [7, 11) is 0. The average Bonchev–Trinajstić information content (AvgIpc) is 2.87. The Hall–Kier alpha value is -1.64. The van der Waals surface area contributed by atoms with Gasteiger partial charge in [-0.2, -0.15) is 13.2 Å². The summed E-state index contributed by atoms with van der Waals surface area (Å²) >= 11 is 0. The molecule has 0 saturated heterocycles. The maximum atomic E-state index is 12.4. The molecule has 2 heterocycles. The lowest BCUT2D eigenvalue weighted by molar-refractivity contribution is -0.139. The molecule has 8 heteroatoms. The third-order valence-electron chi connectivity index (χ3n) is 3.27. The summed E-state index contributed by atoms with van der Waals surface area (Å²) < 4.78 is 39.0. The number of fused-ring (bicyclic) bond motifs is 1. The van der Waals surface area contributed by atoms with Crippen LogP contribution in [0.5, 0.6) is 0 Å². The minimum absolute atomic E-state index is 0.0351. The smallest absolute Gasteiger partial charge is 0.390 e. The van der Waals surface area contributed by atoms with Crippen LogP contribution >= 0.6 is 0 Å². The number of nitrogens with zero attached hydrogens (tertiary/aromatic N) is 3. The van der Waals surface area contributed by atoms with E-state index in [1.807, 2.05) is 6.07 Å². The molecule has 122 valence electrons. The minimum atomic E-state index is -4.26. The molecule has 0 spiro atoms. The molecule has 0 unspecified atom stereocenters. The Kier molecular flexibility index (Phi) is 5.38. The van der Waals surface area contributed by atoms with E-state index in [0.29, 0.717) is 5.65 Å². The first-order chi connectivity index (χ1) is 10.4. The van der Waals surface area contributed by atoms with Crippen LogP contribution in [0.1, 0.15) is 12.1 Å². The normalized spacial score (nSPS) is 13.9. The number of aliphatic hydroxyl groups excluding tert-OH is 2. The molecule has 5 nitrogen and oxygen atoms in total. The van der Waals surface area contributed by atoms with Crippen LogP contribution < -0.4 is 0 Å². The summed E-state index contributed by atoms with van der Waals surface area (Å²) in [6.07, 6.45) is -2.93. The maximum absolute atomic E-state index is 12.4. The average molecular weight is 317 g/mol. The molecule has 0 amide bonds. The van der Waals surface area contributed by atoms with E-state index in [4.69, 9.17) is 5.11 Å².